The molecule has 7 heteroatoms. The molecule has 1 saturated heterocycles. The predicted octanol–water partition coefficient (Wildman–Crippen LogP) is 1.32. The number of ether oxygens (including phenoxy) is 2. The fourth-order valence-electron chi connectivity index (χ4n) is 2.84. The van der Waals surface area contributed by atoms with E-state index in [1.54, 1.807) is 0 Å². The SMILES string of the molecule is O=C(O)CCCC(=O)N1CCN(c2ccc3c(c2)OCO3)CC1. The number of benzene rings is 1. The van der Waals surface area contributed by atoms with Crippen LogP contribution in [0.5, 0.6) is 11.5 Å². The van der Waals surface area contributed by atoms with Crippen LogP contribution in [0.3, 0.4) is 0 Å². The van der Waals surface area contributed by atoms with E-state index >= 15 is 0 Å². The van der Waals surface area contributed by atoms with Crippen LogP contribution < -0.4 is 14.4 Å². The molecular weight excluding hydrogens is 300 g/mol. The van der Waals surface area contributed by atoms with Crippen LogP contribution in [0.2, 0.25) is 0 Å². The van der Waals surface area contributed by atoms with Gasteiger partial charge in [0.25, 0.3) is 0 Å². The Morgan fingerprint density at radius 2 is 1.78 bits per heavy atom. The van der Waals surface area contributed by atoms with Gasteiger partial charge in [0.05, 0.1) is 0 Å². The Morgan fingerprint density at radius 1 is 1.04 bits per heavy atom. The third kappa shape index (κ3) is 3.67. The topological polar surface area (TPSA) is 79.3 Å². The van der Waals surface area contributed by atoms with Crippen molar-refractivity contribution in [3.63, 3.8) is 0 Å². The molecule has 2 aliphatic heterocycles. The van der Waals surface area contributed by atoms with Crippen LogP contribution in [0.15, 0.2) is 18.2 Å². The van der Waals surface area contributed by atoms with E-state index in [9.17, 15) is 9.59 Å². The first-order valence-electron chi connectivity index (χ1n) is 7.77. The van der Waals surface area contributed by atoms with E-state index in [4.69, 9.17) is 14.6 Å². The summed E-state index contributed by atoms with van der Waals surface area (Å²) in [5, 5.41) is 8.61. The molecule has 3 rings (SSSR count). The van der Waals surface area contributed by atoms with Crippen molar-refractivity contribution in [3.05, 3.63) is 18.2 Å². The minimum absolute atomic E-state index is 0.0385. The summed E-state index contributed by atoms with van der Waals surface area (Å²) in [6.45, 7) is 3.08. The maximum absolute atomic E-state index is 12.1. The summed E-state index contributed by atoms with van der Waals surface area (Å²) in [7, 11) is 0. The van der Waals surface area contributed by atoms with E-state index in [2.05, 4.69) is 4.90 Å². The van der Waals surface area contributed by atoms with Crippen LogP contribution in [0.25, 0.3) is 0 Å². The molecule has 2 heterocycles. The fourth-order valence-corrected chi connectivity index (χ4v) is 2.84. The highest BCUT2D eigenvalue weighted by Gasteiger charge is 2.22. The second-order valence-corrected chi connectivity index (χ2v) is 5.65. The van der Waals surface area contributed by atoms with Crippen LogP contribution in [-0.4, -0.2) is 54.9 Å². The monoisotopic (exact) mass is 320 g/mol. The van der Waals surface area contributed by atoms with E-state index in [1.165, 1.54) is 0 Å². The van der Waals surface area contributed by atoms with Crippen LogP contribution in [-0.2, 0) is 9.59 Å². The van der Waals surface area contributed by atoms with Crippen molar-refractivity contribution in [1.82, 2.24) is 4.90 Å². The van der Waals surface area contributed by atoms with Gasteiger partial charge in [-0.1, -0.05) is 0 Å². The number of nitrogens with zero attached hydrogens (tertiary/aromatic N) is 2. The zero-order chi connectivity index (χ0) is 16.2. The lowest BCUT2D eigenvalue weighted by atomic mass is 10.2. The van der Waals surface area contributed by atoms with Crippen molar-refractivity contribution in [2.45, 2.75) is 19.3 Å². The largest absolute Gasteiger partial charge is 0.481 e. The van der Waals surface area contributed by atoms with Gasteiger partial charge in [0, 0.05) is 50.8 Å². The molecule has 1 aromatic rings. The summed E-state index contributed by atoms with van der Waals surface area (Å²) >= 11 is 0. The molecule has 0 saturated carbocycles. The molecule has 0 aromatic heterocycles. The third-order valence-electron chi connectivity index (χ3n) is 4.13. The van der Waals surface area contributed by atoms with Gasteiger partial charge in [0.15, 0.2) is 11.5 Å². The zero-order valence-corrected chi connectivity index (χ0v) is 12.9. The lowest BCUT2D eigenvalue weighted by Gasteiger charge is -2.36. The molecule has 1 fully saturated rings. The van der Waals surface area contributed by atoms with Crippen molar-refractivity contribution < 1.29 is 24.2 Å². The van der Waals surface area contributed by atoms with Gasteiger partial charge in [-0.15, -0.1) is 0 Å². The first-order chi connectivity index (χ1) is 11.1. The molecular formula is C16H20N2O5. The molecule has 7 nitrogen and oxygen atoms in total. The van der Waals surface area contributed by atoms with Crippen LogP contribution in [0.4, 0.5) is 5.69 Å². The highest BCUT2D eigenvalue weighted by molar-refractivity contribution is 5.77. The van der Waals surface area contributed by atoms with E-state index < -0.39 is 5.97 Å². The molecule has 1 N–H and O–H groups in total. The Bertz CT molecular complexity index is 596. The summed E-state index contributed by atoms with van der Waals surface area (Å²) in [5.74, 6) is 0.706. The number of carbonyl (C=O) groups is 2. The van der Waals surface area contributed by atoms with Gasteiger partial charge in [0.1, 0.15) is 0 Å². The molecule has 2 aliphatic rings. The molecule has 0 atom stereocenters. The lowest BCUT2D eigenvalue weighted by molar-refractivity contribution is -0.137. The second kappa shape index (κ2) is 6.76. The summed E-state index contributed by atoms with van der Waals surface area (Å²) < 4.78 is 10.7. The van der Waals surface area contributed by atoms with E-state index in [-0.39, 0.29) is 19.1 Å². The van der Waals surface area contributed by atoms with Gasteiger partial charge in [-0.25, -0.2) is 0 Å². The smallest absolute Gasteiger partial charge is 0.303 e. The number of carboxylic acid groups (broad SMARTS) is 1. The Labute approximate surface area is 134 Å². The number of anilines is 1. The predicted molar refractivity (Wildman–Crippen MR) is 82.8 cm³/mol. The minimum Gasteiger partial charge on any atom is -0.481 e. The maximum atomic E-state index is 12.1. The van der Waals surface area contributed by atoms with Crippen molar-refractivity contribution >= 4 is 17.6 Å². The normalized spacial score (nSPS) is 16.5. The van der Waals surface area contributed by atoms with Crippen molar-refractivity contribution in [2.75, 3.05) is 37.9 Å². The minimum atomic E-state index is -0.856. The van der Waals surface area contributed by atoms with Crippen LogP contribution in [0.1, 0.15) is 19.3 Å². The van der Waals surface area contributed by atoms with E-state index in [0.29, 0.717) is 25.9 Å². The molecule has 0 aliphatic carbocycles. The van der Waals surface area contributed by atoms with E-state index in [1.807, 2.05) is 23.1 Å². The molecule has 0 unspecified atom stereocenters. The standard InChI is InChI=1S/C16H20N2O5/c19-15(2-1-3-16(20)21)18-8-6-17(7-9-18)12-4-5-13-14(10-12)23-11-22-13/h4-5,10H,1-3,6-9,11H2,(H,20,21). The number of aliphatic carboxylic acids is 1. The maximum Gasteiger partial charge on any atom is 0.303 e. The highest BCUT2D eigenvalue weighted by Crippen LogP contribution is 2.35. The number of fused-ring (bicyclic) bond motifs is 1. The zero-order valence-electron chi connectivity index (χ0n) is 12.9. The van der Waals surface area contributed by atoms with Crippen LogP contribution >= 0.6 is 0 Å². The number of hydrogen-bond acceptors (Lipinski definition) is 5. The molecule has 0 spiro atoms. The first-order valence-corrected chi connectivity index (χ1v) is 7.77. The summed E-state index contributed by atoms with van der Waals surface area (Å²) in [4.78, 5) is 26.6. The Hall–Kier alpha value is -2.44. The van der Waals surface area contributed by atoms with Crippen molar-refractivity contribution in [1.29, 1.82) is 0 Å². The van der Waals surface area contributed by atoms with E-state index in [0.717, 1.165) is 30.3 Å². The van der Waals surface area contributed by atoms with Gasteiger partial charge in [-0.05, 0) is 18.6 Å². The number of carboxylic acids is 1. The number of piperazine rings is 1. The Morgan fingerprint density at radius 3 is 2.52 bits per heavy atom. The molecule has 0 radical (unpaired) electrons. The average Bonchev–Trinajstić information content (AvgIpc) is 3.02. The molecule has 1 aromatic carbocycles. The molecule has 0 bridgehead atoms. The van der Waals surface area contributed by atoms with Gasteiger partial charge in [-0.3, -0.25) is 9.59 Å². The van der Waals surface area contributed by atoms with Gasteiger partial charge in [-0.2, -0.15) is 0 Å². The fraction of sp³-hybridized carbons (Fsp3) is 0.500. The van der Waals surface area contributed by atoms with Crippen LogP contribution in [0, 0.1) is 0 Å². The Kier molecular flexibility index (Phi) is 4.55. The van der Waals surface area contributed by atoms with Crippen molar-refractivity contribution in [2.24, 2.45) is 0 Å². The van der Waals surface area contributed by atoms with Crippen molar-refractivity contribution in [3.8, 4) is 11.5 Å². The molecule has 23 heavy (non-hydrogen) atoms. The Balaban J connectivity index is 1.50. The van der Waals surface area contributed by atoms with Gasteiger partial charge >= 0.3 is 5.97 Å². The van der Waals surface area contributed by atoms with Gasteiger partial charge in [0.2, 0.25) is 12.7 Å². The average molecular weight is 320 g/mol. The second-order valence-electron chi connectivity index (χ2n) is 5.65. The third-order valence-corrected chi connectivity index (χ3v) is 4.13. The number of rotatable bonds is 5. The lowest BCUT2D eigenvalue weighted by Crippen LogP contribution is -2.48. The highest BCUT2D eigenvalue weighted by atomic mass is 16.7. The first kappa shape index (κ1) is 15.5. The quantitative estimate of drug-likeness (QED) is 0.881. The summed E-state index contributed by atoms with van der Waals surface area (Å²) in [5.41, 5.74) is 1.06. The number of carbonyl (C=O) groups excluding carboxylic acids is 1. The number of hydrogen-bond donors (Lipinski definition) is 1. The number of amides is 1. The van der Waals surface area contributed by atoms with Gasteiger partial charge < -0.3 is 24.4 Å². The molecule has 124 valence electrons. The molecule has 1 amide bonds. The summed E-state index contributed by atoms with van der Waals surface area (Å²) in [6.07, 6.45) is 0.746. The summed E-state index contributed by atoms with van der Waals surface area (Å²) in [6, 6.07) is 5.87.